The number of carbonyl (C=O) groups is 1. The predicted molar refractivity (Wildman–Crippen MR) is 109 cm³/mol. The maximum absolute atomic E-state index is 12.8. The number of ether oxygens (including phenoxy) is 3. The van der Waals surface area contributed by atoms with Gasteiger partial charge in [0.2, 0.25) is 0 Å². The summed E-state index contributed by atoms with van der Waals surface area (Å²) in [7, 11) is 1.34. The molecule has 0 saturated heterocycles. The molecular weight excluding hydrogens is 394 g/mol. The molecule has 158 valence electrons. The van der Waals surface area contributed by atoms with E-state index in [1.54, 1.807) is 30.3 Å². The molecule has 0 aromatic heterocycles. The Bertz CT molecular complexity index is 908. The molecule has 0 atom stereocenters. The summed E-state index contributed by atoms with van der Waals surface area (Å²) < 4.78 is 40.6. The van der Waals surface area contributed by atoms with E-state index in [-0.39, 0.29) is 30.0 Å². The molecule has 0 fully saturated rings. The molecule has 6 nitrogen and oxygen atoms in total. The SMILES string of the molecule is CCOc1ccc(N(CCC#N)C(=O)/C=C/c2cccc(OC)c2OC(F)F)cc1. The number of carbonyl (C=O) groups excluding carboxylic acids is 1. The molecule has 1 amide bonds. The lowest BCUT2D eigenvalue weighted by atomic mass is 10.1. The fraction of sp³-hybridized carbons (Fsp3) is 0.273. The van der Waals surface area contributed by atoms with Crippen LogP contribution in [0, 0.1) is 11.3 Å². The standard InChI is InChI=1S/C22H22F2N2O4/c1-3-29-18-11-9-17(10-12-18)26(15-5-14-25)20(27)13-8-16-6-4-7-19(28-2)21(16)30-22(23)24/h4,6-13,22H,3,5,15H2,1-2H3/b13-8+. The number of alkyl halides is 2. The Hall–Kier alpha value is -3.60. The van der Waals surface area contributed by atoms with Crippen molar-refractivity contribution in [2.75, 3.05) is 25.2 Å². The zero-order valence-electron chi connectivity index (χ0n) is 16.7. The number of hydrogen-bond donors (Lipinski definition) is 0. The number of halogens is 2. The van der Waals surface area contributed by atoms with Crippen LogP contribution < -0.4 is 19.1 Å². The van der Waals surface area contributed by atoms with Crippen LogP contribution in [0.25, 0.3) is 6.08 Å². The van der Waals surface area contributed by atoms with Crippen molar-refractivity contribution in [1.29, 1.82) is 5.26 Å². The Morgan fingerprint density at radius 3 is 2.57 bits per heavy atom. The second-order valence-corrected chi connectivity index (χ2v) is 5.92. The van der Waals surface area contributed by atoms with Crippen LogP contribution in [0.4, 0.5) is 14.5 Å². The third-order valence-electron chi connectivity index (χ3n) is 4.01. The fourth-order valence-electron chi connectivity index (χ4n) is 2.71. The number of rotatable bonds is 10. The number of methoxy groups -OCH3 is 1. The van der Waals surface area contributed by atoms with Crippen LogP contribution in [0.3, 0.4) is 0 Å². The number of nitrogens with zero attached hydrogens (tertiary/aromatic N) is 2. The zero-order valence-corrected chi connectivity index (χ0v) is 16.7. The third kappa shape index (κ3) is 6.21. The van der Waals surface area contributed by atoms with E-state index in [9.17, 15) is 13.6 Å². The van der Waals surface area contributed by atoms with Crippen molar-refractivity contribution in [3.8, 4) is 23.3 Å². The largest absolute Gasteiger partial charge is 0.494 e. The molecule has 2 aromatic rings. The van der Waals surface area contributed by atoms with Crippen LogP contribution >= 0.6 is 0 Å². The van der Waals surface area contributed by atoms with Crippen LogP contribution in [0.15, 0.2) is 48.5 Å². The van der Waals surface area contributed by atoms with Crippen molar-refractivity contribution < 1.29 is 27.8 Å². The highest BCUT2D eigenvalue weighted by molar-refractivity contribution is 6.04. The van der Waals surface area contributed by atoms with Crippen molar-refractivity contribution >= 4 is 17.7 Å². The summed E-state index contributed by atoms with van der Waals surface area (Å²) in [5.41, 5.74) is 0.841. The van der Waals surface area contributed by atoms with E-state index < -0.39 is 12.5 Å². The van der Waals surface area contributed by atoms with Crippen LogP contribution in [0.2, 0.25) is 0 Å². The minimum Gasteiger partial charge on any atom is -0.494 e. The molecule has 0 saturated carbocycles. The molecule has 0 aliphatic heterocycles. The fourth-order valence-corrected chi connectivity index (χ4v) is 2.71. The predicted octanol–water partition coefficient (Wildman–Crippen LogP) is 4.66. The van der Waals surface area contributed by atoms with Gasteiger partial charge in [0.15, 0.2) is 11.5 Å². The highest BCUT2D eigenvalue weighted by atomic mass is 19.3. The molecule has 2 aromatic carbocycles. The van der Waals surface area contributed by atoms with Gasteiger partial charge in [-0.2, -0.15) is 14.0 Å². The quantitative estimate of drug-likeness (QED) is 0.527. The molecule has 0 aliphatic rings. The molecule has 0 spiro atoms. The first kappa shape index (κ1) is 22.7. The molecule has 0 N–H and O–H groups in total. The molecule has 30 heavy (non-hydrogen) atoms. The summed E-state index contributed by atoms with van der Waals surface area (Å²) in [6.07, 6.45) is 2.74. The van der Waals surface area contributed by atoms with Gasteiger partial charge < -0.3 is 19.1 Å². The Morgan fingerprint density at radius 2 is 1.97 bits per heavy atom. The summed E-state index contributed by atoms with van der Waals surface area (Å²) in [6.45, 7) is -0.485. The van der Waals surface area contributed by atoms with Crippen molar-refractivity contribution in [1.82, 2.24) is 0 Å². The normalized spacial score (nSPS) is 10.7. The molecule has 0 unspecified atom stereocenters. The molecule has 8 heteroatoms. The number of hydrogen-bond acceptors (Lipinski definition) is 5. The summed E-state index contributed by atoms with van der Waals surface area (Å²) >= 11 is 0. The Balaban J connectivity index is 2.29. The molecule has 0 bridgehead atoms. The van der Waals surface area contributed by atoms with E-state index in [2.05, 4.69) is 4.74 Å². The average molecular weight is 416 g/mol. The lowest BCUT2D eigenvalue weighted by Gasteiger charge is -2.20. The monoisotopic (exact) mass is 416 g/mol. The van der Waals surface area contributed by atoms with Crippen LogP contribution in [0.1, 0.15) is 18.9 Å². The lowest BCUT2D eigenvalue weighted by molar-refractivity contribution is -0.114. The van der Waals surface area contributed by atoms with E-state index >= 15 is 0 Å². The van der Waals surface area contributed by atoms with Gasteiger partial charge in [0.05, 0.1) is 26.2 Å². The van der Waals surface area contributed by atoms with Gasteiger partial charge in [0.25, 0.3) is 5.91 Å². The van der Waals surface area contributed by atoms with Crippen LogP contribution in [0.5, 0.6) is 17.2 Å². The van der Waals surface area contributed by atoms with Gasteiger partial charge >= 0.3 is 6.61 Å². The van der Waals surface area contributed by atoms with Gasteiger partial charge in [-0.1, -0.05) is 12.1 Å². The molecule has 2 rings (SSSR count). The summed E-state index contributed by atoms with van der Waals surface area (Å²) in [5, 5.41) is 8.92. The smallest absolute Gasteiger partial charge is 0.387 e. The lowest BCUT2D eigenvalue weighted by Crippen LogP contribution is -2.30. The maximum Gasteiger partial charge on any atom is 0.387 e. The second-order valence-electron chi connectivity index (χ2n) is 5.92. The van der Waals surface area contributed by atoms with E-state index in [0.29, 0.717) is 18.0 Å². The number of anilines is 1. The molecule has 0 aliphatic carbocycles. The summed E-state index contributed by atoms with van der Waals surface area (Å²) in [6, 6.07) is 13.5. The number of amides is 1. The minimum absolute atomic E-state index is 0.123. The van der Waals surface area contributed by atoms with Gasteiger partial charge in [-0.25, -0.2) is 0 Å². The van der Waals surface area contributed by atoms with Gasteiger partial charge in [-0.05, 0) is 43.3 Å². The van der Waals surface area contributed by atoms with Crippen molar-refractivity contribution in [2.45, 2.75) is 20.0 Å². The molecular formula is C22H22F2N2O4. The zero-order chi connectivity index (χ0) is 21.9. The van der Waals surface area contributed by atoms with E-state index in [4.69, 9.17) is 14.7 Å². The molecule has 0 radical (unpaired) electrons. The highest BCUT2D eigenvalue weighted by Gasteiger charge is 2.16. The summed E-state index contributed by atoms with van der Waals surface area (Å²) in [4.78, 5) is 14.2. The first-order chi connectivity index (χ1) is 14.5. The maximum atomic E-state index is 12.8. The number of benzene rings is 2. The molecule has 0 heterocycles. The van der Waals surface area contributed by atoms with Gasteiger partial charge in [-0.3, -0.25) is 4.79 Å². The van der Waals surface area contributed by atoms with Crippen LogP contribution in [-0.2, 0) is 4.79 Å². The van der Waals surface area contributed by atoms with Gasteiger partial charge in [-0.15, -0.1) is 0 Å². The van der Waals surface area contributed by atoms with Gasteiger partial charge in [0.1, 0.15) is 5.75 Å². The van der Waals surface area contributed by atoms with Crippen molar-refractivity contribution in [3.63, 3.8) is 0 Å². The van der Waals surface area contributed by atoms with E-state index in [0.717, 1.165) is 0 Å². The van der Waals surface area contributed by atoms with Crippen LogP contribution in [-0.4, -0.2) is 32.8 Å². The average Bonchev–Trinajstić information content (AvgIpc) is 2.74. The second kappa shape index (κ2) is 11.4. The first-order valence-corrected chi connectivity index (χ1v) is 9.21. The topological polar surface area (TPSA) is 71.8 Å². The van der Waals surface area contributed by atoms with Crippen molar-refractivity contribution in [3.05, 3.63) is 54.1 Å². The van der Waals surface area contributed by atoms with Crippen molar-refractivity contribution in [2.24, 2.45) is 0 Å². The van der Waals surface area contributed by atoms with E-state index in [1.165, 1.54) is 36.3 Å². The minimum atomic E-state index is -3.04. The Morgan fingerprint density at radius 1 is 1.23 bits per heavy atom. The Kier molecular flexibility index (Phi) is 8.63. The number of para-hydroxylation sites is 1. The summed E-state index contributed by atoms with van der Waals surface area (Å²) in [5.74, 6) is 0.205. The Labute approximate surface area is 173 Å². The first-order valence-electron chi connectivity index (χ1n) is 9.21. The number of nitriles is 1. The highest BCUT2D eigenvalue weighted by Crippen LogP contribution is 2.33. The van der Waals surface area contributed by atoms with Gasteiger partial charge in [0, 0.05) is 23.9 Å². The van der Waals surface area contributed by atoms with E-state index in [1.807, 2.05) is 13.0 Å². The third-order valence-corrected chi connectivity index (χ3v) is 4.01.